The molecule has 1 aromatic carbocycles. The molecule has 0 spiro atoms. The quantitative estimate of drug-likeness (QED) is 0.838. The molecule has 2 aliphatic carbocycles. The summed E-state index contributed by atoms with van der Waals surface area (Å²) in [6, 6.07) is 7.16. The summed E-state index contributed by atoms with van der Waals surface area (Å²) in [5.74, 6) is -0.199. The molecule has 1 aromatic rings. The molecule has 0 radical (unpaired) electrons. The summed E-state index contributed by atoms with van der Waals surface area (Å²) in [5.41, 5.74) is -0.546. The number of ether oxygens (including phenoxy) is 1. The minimum atomic E-state index is -1.22. The topological polar surface area (TPSA) is 46.5 Å². The monoisotopic (exact) mass is 328 g/mol. The van der Waals surface area contributed by atoms with Crippen LogP contribution in [0.5, 0.6) is 5.75 Å². The van der Waals surface area contributed by atoms with Gasteiger partial charge in [-0.15, -0.1) is 0 Å². The molecular formula is C16H18Cl2O3. The van der Waals surface area contributed by atoms with Crippen LogP contribution in [-0.2, 0) is 10.2 Å². The van der Waals surface area contributed by atoms with Gasteiger partial charge in [0.05, 0.1) is 6.10 Å². The van der Waals surface area contributed by atoms with E-state index >= 15 is 0 Å². The first-order chi connectivity index (χ1) is 9.96. The minimum Gasteiger partial charge on any atom is -0.490 e. The van der Waals surface area contributed by atoms with Crippen molar-refractivity contribution >= 4 is 29.2 Å². The van der Waals surface area contributed by atoms with Crippen LogP contribution in [-0.4, -0.2) is 21.5 Å². The van der Waals surface area contributed by atoms with Crippen molar-refractivity contribution in [3.8, 4) is 5.75 Å². The molecule has 1 unspecified atom stereocenters. The molecule has 2 saturated carbocycles. The first-order valence-electron chi connectivity index (χ1n) is 7.34. The highest BCUT2D eigenvalue weighted by Gasteiger charge is 2.72. The zero-order valence-corrected chi connectivity index (χ0v) is 13.2. The summed E-state index contributed by atoms with van der Waals surface area (Å²) < 4.78 is 4.72. The average Bonchev–Trinajstić information content (AvgIpc) is 3.05. The molecule has 2 aliphatic rings. The van der Waals surface area contributed by atoms with E-state index in [1.165, 1.54) is 19.3 Å². The van der Waals surface area contributed by atoms with Gasteiger partial charge in [0.25, 0.3) is 0 Å². The fraction of sp³-hybridized carbons (Fsp3) is 0.562. The molecule has 0 aliphatic heterocycles. The summed E-state index contributed by atoms with van der Waals surface area (Å²) in [5, 5.41) is 9.42. The molecule has 5 heteroatoms. The largest absolute Gasteiger partial charge is 0.490 e. The second kappa shape index (κ2) is 5.36. The number of carboxylic acid groups (broad SMARTS) is 1. The zero-order chi connectivity index (χ0) is 15.1. The van der Waals surface area contributed by atoms with Crippen LogP contribution in [0.1, 0.15) is 44.1 Å². The molecule has 0 saturated heterocycles. The van der Waals surface area contributed by atoms with Crippen LogP contribution in [0.25, 0.3) is 0 Å². The molecule has 1 atom stereocenters. The van der Waals surface area contributed by atoms with Gasteiger partial charge in [0, 0.05) is 6.42 Å². The highest BCUT2D eigenvalue weighted by molar-refractivity contribution is 6.54. The van der Waals surface area contributed by atoms with Gasteiger partial charge in [0.15, 0.2) is 0 Å². The van der Waals surface area contributed by atoms with Gasteiger partial charge in [-0.1, -0.05) is 41.8 Å². The zero-order valence-electron chi connectivity index (χ0n) is 11.6. The fourth-order valence-electron chi connectivity index (χ4n) is 3.15. The van der Waals surface area contributed by atoms with Crippen molar-refractivity contribution in [2.75, 3.05) is 0 Å². The molecule has 2 fully saturated rings. The third-order valence-corrected chi connectivity index (χ3v) is 5.47. The van der Waals surface area contributed by atoms with E-state index in [0.29, 0.717) is 5.56 Å². The number of benzene rings is 1. The van der Waals surface area contributed by atoms with Gasteiger partial charge < -0.3 is 9.84 Å². The highest BCUT2D eigenvalue weighted by Crippen LogP contribution is 2.65. The lowest BCUT2D eigenvalue weighted by atomic mass is 9.95. The maximum absolute atomic E-state index is 11.5. The van der Waals surface area contributed by atoms with Gasteiger partial charge in [-0.25, -0.2) is 0 Å². The van der Waals surface area contributed by atoms with E-state index in [4.69, 9.17) is 27.9 Å². The Hall–Kier alpha value is -0.930. The molecule has 0 bridgehead atoms. The van der Waals surface area contributed by atoms with E-state index < -0.39 is 15.7 Å². The summed E-state index contributed by atoms with van der Waals surface area (Å²) >= 11 is 12.1. The lowest BCUT2D eigenvalue weighted by molar-refractivity contribution is -0.140. The molecule has 114 valence electrons. The van der Waals surface area contributed by atoms with Crippen LogP contribution in [0.2, 0.25) is 0 Å². The summed E-state index contributed by atoms with van der Waals surface area (Å²) in [6.45, 7) is 0. The predicted molar refractivity (Wildman–Crippen MR) is 82.3 cm³/mol. The number of carboxylic acids is 1. The van der Waals surface area contributed by atoms with E-state index in [2.05, 4.69) is 0 Å². The fourth-order valence-corrected chi connectivity index (χ4v) is 3.93. The van der Waals surface area contributed by atoms with E-state index in [1.807, 2.05) is 12.1 Å². The summed E-state index contributed by atoms with van der Waals surface area (Å²) in [4.78, 5) is 11.5. The third-order valence-electron chi connectivity index (χ3n) is 4.55. The van der Waals surface area contributed by atoms with Crippen LogP contribution in [0.15, 0.2) is 24.3 Å². The highest BCUT2D eigenvalue weighted by atomic mass is 35.5. The van der Waals surface area contributed by atoms with Gasteiger partial charge in [-0.3, -0.25) is 4.79 Å². The Morgan fingerprint density at radius 3 is 2.19 bits per heavy atom. The Bertz CT molecular complexity index is 535. The first kappa shape index (κ1) is 15.0. The van der Waals surface area contributed by atoms with Crippen molar-refractivity contribution < 1.29 is 14.6 Å². The van der Waals surface area contributed by atoms with Gasteiger partial charge in [-0.05, 0) is 43.4 Å². The molecule has 3 nitrogen and oxygen atoms in total. The van der Waals surface area contributed by atoms with E-state index in [9.17, 15) is 9.90 Å². The van der Waals surface area contributed by atoms with Crippen molar-refractivity contribution in [2.45, 2.75) is 54.4 Å². The Kier molecular flexibility index (Phi) is 3.83. The summed E-state index contributed by atoms with van der Waals surface area (Å²) in [6.07, 6.45) is 6.41. The lowest BCUT2D eigenvalue weighted by Crippen LogP contribution is -2.26. The SMILES string of the molecule is O=C(O)C1(c2ccc(OC3CCCCC3)cc2)CC1(Cl)Cl. The molecule has 1 N–H and O–H groups in total. The summed E-state index contributed by atoms with van der Waals surface area (Å²) in [7, 11) is 0. The number of hydrogen-bond acceptors (Lipinski definition) is 2. The number of halogens is 2. The predicted octanol–water partition coefficient (Wildman–Crippen LogP) is 4.30. The van der Waals surface area contributed by atoms with Crippen LogP contribution in [0, 0.1) is 0 Å². The first-order valence-corrected chi connectivity index (χ1v) is 8.10. The van der Waals surface area contributed by atoms with Crippen LogP contribution in [0.3, 0.4) is 0 Å². The maximum atomic E-state index is 11.5. The third kappa shape index (κ3) is 2.62. The minimum absolute atomic E-state index is 0.237. The van der Waals surface area contributed by atoms with Crippen molar-refractivity contribution in [3.63, 3.8) is 0 Å². The average molecular weight is 329 g/mol. The second-order valence-corrected chi connectivity index (χ2v) is 7.48. The van der Waals surface area contributed by atoms with E-state index in [1.54, 1.807) is 12.1 Å². The Labute approximate surface area is 134 Å². The molecular weight excluding hydrogens is 311 g/mol. The van der Waals surface area contributed by atoms with Gasteiger partial charge in [-0.2, -0.15) is 0 Å². The number of aliphatic carboxylic acids is 1. The van der Waals surface area contributed by atoms with Crippen molar-refractivity contribution in [1.29, 1.82) is 0 Å². The molecule has 3 rings (SSSR count). The number of rotatable bonds is 4. The van der Waals surface area contributed by atoms with Crippen molar-refractivity contribution in [2.24, 2.45) is 0 Å². The van der Waals surface area contributed by atoms with Crippen molar-refractivity contribution in [1.82, 2.24) is 0 Å². The number of carbonyl (C=O) groups is 1. The second-order valence-electron chi connectivity index (χ2n) is 5.99. The van der Waals surface area contributed by atoms with E-state index in [0.717, 1.165) is 18.6 Å². The smallest absolute Gasteiger partial charge is 0.317 e. The number of alkyl halides is 2. The molecule has 21 heavy (non-hydrogen) atoms. The van der Waals surface area contributed by atoms with Crippen LogP contribution in [0.4, 0.5) is 0 Å². The molecule has 0 heterocycles. The maximum Gasteiger partial charge on any atom is 0.317 e. The normalized spacial score (nSPS) is 28.1. The lowest BCUT2D eigenvalue weighted by Gasteiger charge is -2.23. The van der Waals surface area contributed by atoms with Crippen molar-refractivity contribution in [3.05, 3.63) is 29.8 Å². The van der Waals surface area contributed by atoms with Gasteiger partial charge in [0.1, 0.15) is 15.5 Å². The van der Waals surface area contributed by atoms with Crippen LogP contribution < -0.4 is 4.74 Å². The Morgan fingerprint density at radius 1 is 1.14 bits per heavy atom. The number of hydrogen-bond donors (Lipinski definition) is 1. The van der Waals surface area contributed by atoms with Gasteiger partial charge >= 0.3 is 5.97 Å². The van der Waals surface area contributed by atoms with E-state index in [-0.39, 0.29) is 12.5 Å². The molecule has 0 amide bonds. The molecule has 0 aromatic heterocycles. The standard InChI is InChI=1S/C16H18Cl2O3/c17-16(18)10-15(16,14(19)20)11-6-8-13(9-7-11)21-12-4-2-1-3-5-12/h6-9,12H,1-5,10H2,(H,19,20). The Morgan fingerprint density at radius 2 is 1.71 bits per heavy atom. The Balaban J connectivity index is 1.74. The van der Waals surface area contributed by atoms with Crippen LogP contribution >= 0.6 is 23.2 Å². The van der Waals surface area contributed by atoms with Gasteiger partial charge in [0.2, 0.25) is 0 Å².